The number of aliphatic carboxylic acids is 1. The number of rotatable bonds is 5. The summed E-state index contributed by atoms with van der Waals surface area (Å²) >= 11 is 0. The number of carboxylic acids is 1. The first kappa shape index (κ1) is 27.2. The molecule has 9 heteroatoms. The molecular formula is C27H44N2O7. The molecule has 0 bridgehead atoms. The molecule has 0 radical (unpaired) electrons. The Morgan fingerprint density at radius 2 is 1.81 bits per heavy atom. The maximum absolute atomic E-state index is 13.3. The van der Waals surface area contributed by atoms with E-state index in [1.165, 1.54) is 0 Å². The number of alkyl carbamates (subject to hydrolysis) is 1. The number of methoxy groups -OCH3 is 1. The largest absolute Gasteiger partial charge is 0.481 e. The zero-order chi connectivity index (χ0) is 26.1. The summed E-state index contributed by atoms with van der Waals surface area (Å²) in [6.45, 7) is 8.36. The van der Waals surface area contributed by atoms with E-state index in [9.17, 15) is 19.5 Å². The maximum atomic E-state index is 13.3. The minimum atomic E-state index is -0.876. The summed E-state index contributed by atoms with van der Waals surface area (Å²) in [5, 5.41) is 12.5. The van der Waals surface area contributed by atoms with Gasteiger partial charge in [0.05, 0.1) is 24.7 Å². The van der Waals surface area contributed by atoms with E-state index in [-0.39, 0.29) is 35.5 Å². The number of hydrogen-bond donors (Lipinski definition) is 2. The van der Waals surface area contributed by atoms with Crippen LogP contribution in [0.4, 0.5) is 4.79 Å². The van der Waals surface area contributed by atoms with Crippen LogP contribution in [0.3, 0.4) is 0 Å². The third-order valence-electron chi connectivity index (χ3n) is 9.03. The van der Waals surface area contributed by atoms with Gasteiger partial charge in [-0.2, -0.15) is 0 Å². The highest BCUT2D eigenvalue weighted by Crippen LogP contribution is 2.53. The molecule has 1 spiro atoms. The summed E-state index contributed by atoms with van der Waals surface area (Å²) < 4.78 is 17.0. The quantitative estimate of drug-likeness (QED) is 0.585. The van der Waals surface area contributed by atoms with E-state index < -0.39 is 17.5 Å². The highest BCUT2D eigenvalue weighted by Gasteiger charge is 2.53. The van der Waals surface area contributed by atoms with Crippen molar-refractivity contribution in [1.29, 1.82) is 0 Å². The number of carbonyl (C=O) groups is 3. The van der Waals surface area contributed by atoms with E-state index in [0.29, 0.717) is 50.7 Å². The molecule has 4 fully saturated rings. The molecular weight excluding hydrogens is 464 g/mol. The predicted octanol–water partition coefficient (Wildman–Crippen LogP) is 3.45. The van der Waals surface area contributed by atoms with E-state index in [1.54, 1.807) is 7.11 Å². The van der Waals surface area contributed by atoms with Gasteiger partial charge in [-0.05, 0) is 84.0 Å². The molecule has 6 unspecified atom stereocenters. The first-order chi connectivity index (χ1) is 17.0. The van der Waals surface area contributed by atoms with E-state index in [1.807, 2.05) is 25.7 Å². The van der Waals surface area contributed by atoms with Gasteiger partial charge >= 0.3 is 12.1 Å². The van der Waals surface area contributed by atoms with Gasteiger partial charge in [0.25, 0.3) is 0 Å². The molecule has 2 aliphatic heterocycles. The van der Waals surface area contributed by atoms with E-state index >= 15 is 0 Å². The second-order valence-electron chi connectivity index (χ2n) is 12.4. The number of carboxylic acid groups (broad SMARTS) is 1. The number of ether oxygens (including phenoxy) is 3. The lowest BCUT2D eigenvalue weighted by Gasteiger charge is -2.46. The molecule has 36 heavy (non-hydrogen) atoms. The Morgan fingerprint density at radius 1 is 1.08 bits per heavy atom. The van der Waals surface area contributed by atoms with Crippen molar-refractivity contribution in [2.75, 3.05) is 33.4 Å². The van der Waals surface area contributed by atoms with Crippen molar-refractivity contribution in [3.63, 3.8) is 0 Å². The van der Waals surface area contributed by atoms with Crippen molar-refractivity contribution in [3.05, 3.63) is 0 Å². The first-order valence-electron chi connectivity index (χ1n) is 13.6. The molecule has 2 amide bonds. The second-order valence-corrected chi connectivity index (χ2v) is 12.4. The molecule has 4 rings (SSSR count). The zero-order valence-corrected chi connectivity index (χ0v) is 22.3. The monoisotopic (exact) mass is 508 g/mol. The normalized spacial score (nSPS) is 34.2. The van der Waals surface area contributed by atoms with Gasteiger partial charge in [-0.3, -0.25) is 9.59 Å². The molecule has 6 atom stereocenters. The van der Waals surface area contributed by atoms with Crippen LogP contribution in [0.5, 0.6) is 0 Å². The Labute approximate surface area is 214 Å². The lowest BCUT2D eigenvalue weighted by molar-refractivity contribution is -0.153. The van der Waals surface area contributed by atoms with Crippen LogP contribution < -0.4 is 5.32 Å². The molecule has 0 aromatic heterocycles. The van der Waals surface area contributed by atoms with Crippen LogP contribution in [0.15, 0.2) is 0 Å². The van der Waals surface area contributed by atoms with E-state index in [4.69, 9.17) is 14.2 Å². The van der Waals surface area contributed by atoms with Crippen molar-refractivity contribution in [3.8, 4) is 0 Å². The molecule has 0 aromatic carbocycles. The average Bonchev–Trinajstić information content (AvgIpc) is 3.18. The molecule has 2 N–H and O–H groups in total. The molecule has 2 aliphatic carbocycles. The summed E-state index contributed by atoms with van der Waals surface area (Å²) in [5.41, 5.74) is -0.419. The lowest BCUT2D eigenvalue weighted by Crippen LogP contribution is -2.50. The second kappa shape index (κ2) is 10.9. The van der Waals surface area contributed by atoms with Gasteiger partial charge in [-0.15, -0.1) is 0 Å². The van der Waals surface area contributed by atoms with Crippen LogP contribution in [0, 0.1) is 29.1 Å². The molecule has 0 aromatic rings. The van der Waals surface area contributed by atoms with Gasteiger partial charge in [0.2, 0.25) is 5.91 Å². The summed E-state index contributed by atoms with van der Waals surface area (Å²) in [6.07, 6.45) is 6.15. The number of carbonyl (C=O) groups excluding carboxylic acids is 2. The van der Waals surface area contributed by atoms with Crippen molar-refractivity contribution in [1.82, 2.24) is 10.2 Å². The summed E-state index contributed by atoms with van der Waals surface area (Å²) in [4.78, 5) is 39.1. The Kier molecular flexibility index (Phi) is 8.19. The number of amides is 2. The number of likely N-dealkylation sites (tertiary alicyclic amines) is 1. The third-order valence-corrected chi connectivity index (χ3v) is 9.03. The van der Waals surface area contributed by atoms with Gasteiger partial charge in [0.15, 0.2) is 0 Å². The average molecular weight is 509 g/mol. The maximum Gasteiger partial charge on any atom is 0.407 e. The smallest absolute Gasteiger partial charge is 0.407 e. The Hall–Kier alpha value is -1.87. The van der Waals surface area contributed by atoms with Gasteiger partial charge in [0.1, 0.15) is 5.60 Å². The number of piperidine rings is 1. The minimum Gasteiger partial charge on any atom is -0.481 e. The van der Waals surface area contributed by atoms with Crippen molar-refractivity contribution >= 4 is 18.0 Å². The number of fused-ring (bicyclic) bond motifs is 2. The number of hydrogen-bond acceptors (Lipinski definition) is 6. The van der Waals surface area contributed by atoms with Crippen LogP contribution in [0.1, 0.15) is 72.1 Å². The van der Waals surface area contributed by atoms with Crippen LogP contribution in [0.25, 0.3) is 0 Å². The van der Waals surface area contributed by atoms with Crippen LogP contribution in [-0.4, -0.2) is 79.1 Å². The Bertz CT molecular complexity index is 817. The number of nitrogens with zero attached hydrogens (tertiary/aromatic N) is 1. The molecule has 2 saturated heterocycles. The first-order valence-corrected chi connectivity index (χ1v) is 13.6. The fourth-order valence-corrected chi connectivity index (χ4v) is 7.04. The lowest BCUT2D eigenvalue weighted by atomic mass is 9.63. The summed E-state index contributed by atoms with van der Waals surface area (Å²) in [5.74, 6) is -0.782. The van der Waals surface area contributed by atoms with Gasteiger partial charge < -0.3 is 29.5 Å². The molecule has 9 nitrogen and oxygen atoms in total. The Balaban J connectivity index is 1.30. The molecule has 204 valence electrons. The van der Waals surface area contributed by atoms with Crippen molar-refractivity contribution < 1.29 is 33.7 Å². The molecule has 2 heterocycles. The topological polar surface area (TPSA) is 114 Å². The molecule has 2 saturated carbocycles. The standard InChI is InChI=1S/C27H44N2O7/c1-26(2,3)36-25(33)28-15-17-5-7-22-20(13-17)27(16-35-22)9-11-29(12-10-27)23(30)18-6-8-21(34-4)19(14-18)24(31)32/h17-22H,5-16H2,1-4H3,(H,28,33)(H,31,32). The van der Waals surface area contributed by atoms with Crippen molar-refractivity contribution in [2.45, 2.75) is 89.9 Å². The molecule has 4 aliphatic rings. The fraction of sp³-hybridized carbons (Fsp3) is 0.889. The fourth-order valence-electron chi connectivity index (χ4n) is 7.04. The van der Waals surface area contributed by atoms with Crippen molar-refractivity contribution in [2.24, 2.45) is 29.1 Å². The van der Waals surface area contributed by atoms with E-state index in [2.05, 4.69) is 5.32 Å². The zero-order valence-electron chi connectivity index (χ0n) is 22.3. The third kappa shape index (κ3) is 5.98. The predicted molar refractivity (Wildman–Crippen MR) is 132 cm³/mol. The minimum absolute atomic E-state index is 0.0867. The van der Waals surface area contributed by atoms with Crippen LogP contribution in [0.2, 0.25) is 0 Å². The summed E-state index contributed by atoms with van der Waals surface area (Å²) in [6, 6.07) is 0. The van der Waals surface area contributed by atoms with Crippen LogP contribution >= 0.6 is 0 Å². The van der Waals surface area contributed by atoms with Gasteiger partial charge in [-0.1, -0.05) is 0 Å². The van der Waals surface area contributed by atoms with Crippen LogP contribution in [-0.2, 0) is 23.8 Å². The Morgan fingerprint density at radius 3 is 2.44 bits per heavy atom. The number of nitrogens with one attached hydrogen (secondary N) is 1. The highest BCUT2D eigenvalue weighted by atomic mass is 16.6. The van der Waals surface area contributed by atoms with Gasteiger partial charge in [-0.25, -0.2) is 4.79 Å². The van der Waals surface area contributed by atoms with E-state index in [0.717, 1.165) is 38.7 Å². The highest BCUT2D eigenvalue weighted by molar-refractivity contribution is 5.80. The summed E-state index contributed by atoms with van der Waals surface area (Å²) in [7, 11) is 1.55. The van der Waals surface area contributed by atoms with Gasteiger partial charge in [0, 0.05) is 38.1 Å². The SMILES string of the molecule is COC1CCC(C(=O)N2CCC3(CC2)COC2CCC(CNC(=O)OC(C)(C)C)CC23)CC1C(=O)O.